The topological polar surface area (TPSA) is 106 Å². The van der Waals surface area contributed by atoms with Crippen molar-refractivity contribution in [2.24, 2.45) is 5.73 Å². The summed E-state index contributed by atoms with van der Waals surface area (Å²) in [6.45, 7) is 1.73. The van der Waals surface area contributed by atoms with Crippen LogP contribution in [0.15, 0.2) is 34.7 Å². The number of hydrogen-bond acceptors (Lipinski definition) is 4. The first-order valence-corrected chi connectivity index (χ1v) is 5.95. The number of hydrogen-bond donors (Lipinski definition) is 3. The lowest BCUT2D eigenvalue weighted by Crippen LogP contribution is -2.08. The number of carboxylic acids is 1. The molecular formula is C14H14N2O4. The Kier molecular flexibility index (Phi) is 3.86. The summed E-state index contributed by atoms with van der Waals surface area (Å²) in [6, 6.07) is 8.18. The molecular weight excluding hydrogens is 260 g/mol. The van der Waals surface area contributed by atoms with Crippen LogP contribution in [0.3, 0.4) is 0 Å². The Labute approximate surface area is 115 Å². The number of carbonyl (C=O) groups is 2. The van der Waals surface area contributed by atoms with E-state index in [0.29, 0.717) is 23.6 Å². The maximum Gasteiger partial charge on any atom is 0.371 e. The zero-order valence-electron chi connectivity index (χ0n) is 10.8. The number of furan rings is 1. The summed E-state index contributed by atoms with van der Waals surface area (Å²) < 4.78 is 5.24. The molecule has 0 radical (unpaired) electrons. The highest BCUT2D eigenvalue weighted by atomic mass is 16.4. The summed E-state index contributed by atoms with van der Waals surface area (Å²) in [7, 11) is 0. The first-order valence-electron chi connectivity index (χ1n) is 5.95. The minimum absolute atomic E-state index is 0.156. The Morgan fingerprint density at radius 1 is 1.30 bits per heavy atom. The minimum Gasteiger partial charge on any atom is -0.475 e. The summed E-state index contributed by atoms with van der Waals surface area (Å²) in [6.07, 6.45) is 0. The van der Waals surface area contributed by atoms with Crippen LogP contribution in [0.4, 0.5) is 5.69 Å². The average Bonchev–Trinajstić information content (AvgIpc) is 2.87. The quantitative estimate of drug-likeness (QED) is 0.791. The van der Waals surface area contributed by atoms with Crippen LogP contribution in [-0.2, 0) is 11.3 Å². The number of benzene rings is 1. The number of aromatic carboxylic acids is 1. The van der Waals surface area contributed by atoms with E-state index < -0.39 is 5.97 Å². The Hall–Kier alpha value is -2.60. The van der Waals surface area contributed by atoms with Crippen LogP contribution in [0.1, 0.15) is 23.0 Å². The van der Waals surface area contributed by atoms with E-state index in [-0.39, 0.29) is 11.7 Å². The molecule has 2 aromatic rings. The Morgan fingerprint density at radius 2 is 2.05 bits per heavy atom. The highest BCUT2D eigenvalue weighted by molar-refractivity contribution is 5.94. The average molecular weight is 274 g/mol. The Balaban J connectivity index is 2.47. The molecule has 0 aliphatic carbocycles. The van der Waals surface area contributed by atoms with Crippen molar-refractivity contribution in [3.63, 3.8) is 0 Å². The normalized spacial score (nSPS) is 10.3. The number of carbonyl (C=O) groups excluding carboxylic acids is 1. The molecule has 0 saturated carbocycles. The third-order valence-corrected chi connectivity index (χ3v) is 2.71. The lowest BCUT2D eigenvalue weighted by atomic mass is 10.1. The van der Waals surface area contributed by atoms with Gasteiger partial charge in [0.2, 0.25) is 11.7 Å². The highest BCUT2D eigenvalue weighted by Gasteiger charge is 2.14. The number of nitrogens with one attached hydrogen (secondary N) is 1. The van der Waals surface area contributed by atoms with Gasteiger partial charge in [-0.15, -0.1) is 0 Å². The summed E-state index contributed by atoms with van der Waals surface area (Å²) in [5.41, 5.74) is 7.55. The summed E-state index contributed by atoms with van der Waals surface area (Å²) in [5, 5.41) is 11.5. The van der Waals surface area contributed by atoms with E-state index in [9.17, 15) is 9.59 Å². The zero-order chi connectivity index (χ0) is 14.7. The molecule has 0 spiro atoms. The monoisotopic (exact) mass is 274 g/mol. The molecule has 0 saturated heterocycles. The molecule has 0 unspecified atom stereocenters. The highest BCUT2D eigenvalue weighted by Crippen LogP contribution is 2.30. The van der Waals surface area contributed by atoms with Crippen LogP contribution < -0.4 is 11.1 Å². The van der Waals surface area contributed by atoms with Crippen molar-refractivity contribution >= 4 is 17.6 Å². The van der Waals surface area contributed by atoms with Gasteiger partial charge in [-0.25, -0.2) is 4.79 Å². The number of nitrogens with two attached hydrogens (primary N) is 1. The number of carboxylic acid groups (broad SMARTS) is 1. The molecule has 1 amide bonds. The maximum absolute atomic E-state index is 11.2. The molecule has 2 rings (SSSR count). The maximum atomic E-state index is 11.2. The van der Waals surface area contributed by atoms with Crippen molar-refractivity contribution in [3.8, 4) is 11.3 Å². The predicted molar refractivity (Wildman–Crippen MR) is 73.3 cm³/mol. The third kappa shape index (κ3) is 2.86. The molecule has 1 aromatic carbocycles. The van der Waals surface area contributed by atoms with Crippen LogP contribution >= 0.6 is 0 Å². The molecule has 0 fully saturated rings. The molecule has 104 valence electrons. The lowest BCUT2D eigenvalue weighted by Gasteiger charge is -2.10. The van der Waals surface area contributed by atoms with E-state index in [2.05, 4.69) is 5.32 Å². The largest absolute Gasteiger partial charge is 0.475 e. The zero-order valence-corrected chi connectivity index (χ0v) is 10.8. The van der Waals surface area contributed by atoms with Crippen molar-refractivity contribution in [2.75, 3.05) is 5.32 Å². The van der Waals surface area contributed by atoms with Crippen LogP contribution in [0.2, 0.25) is 0 Å². The molecule has 0 atom stereocenters. The number of amides is 1. The smallest absolute Gasteiger partial charge is 0.371 e. The number of rotatable bonds is 4. The first kappa shape index (κ1) is 13.8. The van der Waals surface area contributed by atoms with Gasteiger partial charge >= 0.3 is 5.97 Å². The van der Waals surface area contributed by atoms with Gasteiger partial charge in [-0.1, -0.05) is 6.07 Å². The van der Waals surface area contributed by atoms with Crippen LogP contribution in [-0.4, -0.2) is 17.0 Å². The Bertz CT molecular complexity index is 661. The van der Waals surface area contributed by atoms with E-state index in [1.165, 1.54) is 13.0 Å². The van der Waals surface area contributed by atoms with Crippen molar-refractivity contribution in [1.82, 2.24) is 0 Å². The standard InChI is InChI=1S/C14H14N2O4/c1-8(17)16-11-6-9(7-15)2-3-10(11)12-4-5-13(20-12)14(18)19/h2-6H,7,15H2,1H3,(H,16,17)(H,18,19). The molecule has 0 aliphatic rings. The van der Waals surface area contributed by atoms with E-state index in [0.717, 1.165) is 5.56 Å². The second-order valence-corrected chi connectivity index (χ2v) is 4.23. The molecule has 0 aliphatic heterocycles. The molecule has 1 aromatic heterocycles. The summed E-state index contributed by atoms with van der Waals surface area (Å²) >= 11 is 0. The van der Waals surface area contributed by atoms with Crippen molar-refractivity contribution < 1.29 is 19.1 Å². The second kappa shape index (κ2) is 5.58. The van der Waals surface area contributed by atoms with Crippen molar-refractivity contribution in [1.29, 1.82) is 0 Å². The van der Waals surface area contributed by atoms with Gasteiger partial charge in [-0.3, -0.25) is 4.79 Å². The van der Waals surface area contributed by atoms with Gasteiger partial charge in [0.1, 0.15) is 5.76 Å². The van der Waals surface area contributed by atoms with Crippen LogP contribution in [0, 0.1) is 0 Å². The molecule has 20 heavy (non-hydrogen) atoms. The first-order chi connectivity index (χ1) is 9.51. The van der Waals surface area contributed by atoms with Gasteiger partial charge in [0.05, 0.1) is 5.69 Å². The van der Waals surface area contributed by atoms with Gasteiger partial charge in [-0.2, -0.15) is 0 Å². The molecule has 6 nitrogen and oxygen atoms in total. The fourth-order valence-corrected chi connectivity index (χ4v) is 1.82. The minimum atomic E-state index is -1.14. The predicted octanol–water partition coefficient (Wildman–Crippen LogP) is 2.06. The molecule has 0 bridgehead atoms. The van der Waals surface area contributed by atoms with Gasteiger partial charge in [0.25, 0.3) is 0 Å². The van der Waals surface area contributed by atoms with E-state index >= 15 is 0 Å². The van der Waals surface area contributed by atoms with Gasteiger partial charge in [-0.05, 0) is 29.8 Å². The summed E-state index contributed by atoms with van der Waals surface area (Å²) in [4.78, 5) is 22.1. The van der Waals surface area contributed by atoms with E-state index in [1.807, 2.05) is 0 Å². The second-order valence-electron chi connectivity index (χ2n) is 4.23. The lowest BCUT2D eigenvalue weighted by molar-refractivity contribution is -0.114. The third-order valence-electron chi connectivity index (χ3n) is 2.71. The van der Waals surface area contributed by atoms with E-state index in [4.69, 9.17) is 15.3 Å². The SMILES string of the molecule is CC(=O)Nc1cc(CN)ccc1-c1ccc(C(=O)O)o1. The summed E-state index contributed by atoms with van der Waals surface area (Å²) in [5.74, 6) is -1.16. The van der Waals surface area contributed by atoms with Gasteiger partial charge < -0.3 is 20.6 Å². The molecule has 4 N–H and O–H groups in total. The molecule has 1 heterocycles. The van der Waals surface area contributed by atoms with Gasteiger partial charge in [0, 0.05) is 19.0 Å². The van der Waals surface area contributed by atoms with Crippen LogP contribution in [0.25, 0.3) is 11.3 Å². The van der Waals surface area contributed by atoms with Crippen LogP contribution in [0.5, 0.6) is 0 Å². The number of anilines is 1. The van der Waals surface area contributed by atoms with E-state index in [1.54, 1.807) is 24.3 Å². The Morgan fingerprint density at radius 3 is 2.60 bits per heavy atom. The fraction of sp³-hybridized carbons (Fsp3) is 0.143. The van der Waals surface area contributed by atoms with Crippen molar-refractivity contribution in [3.05, 3.63) is 41.7 Å². The fourth-order valence-electron chi connectivity index (χ4n) is 1.82. The van der Waals surface area contributed by atoms with Crippen molar-refractivity contribution in [2.45, 2.75) is 13.5 Å². The molecule has 6 heteroatoms. The van der Waals surface area contributed by atoms with Gasteiger partial charge in [0.15, 0.2) is 0 Å².